The van der Waals surface area contributed by atoms with Crippen molar-refractivity contribution in [2.75, 3.05) is 7.11 Å². The molecular weight excluding hydrogens is 186 g/mol. The van der Waals surface area contributed by atoms with Crippen molar-refractivity contribution in [1.82, 2.24) is 5.32 Å². The zero-order valence-electron chi connectivity index (χ0n) is 9.07. The van der Waals surface area contributed by atoms with Gasteiger partial charge in [0.15, 0.2) is 0 Å². The third-order valence-electron chi connectivity index (χ3n) is 2.79. The molecule has 1 aliphatic rings. The summed E-state index contributed by atoms with van der Waals surface area (Å²) in [7, 11) is 1.73. The maximum Gasteiger partial charge on any atom is 0.124 e. The highest BCUT2D eigenvalue weighted by atomic mass is 16.5. The summed E-state index contributed by atoms with van der Waals surface area (Å²) in [6.07, 6.45) is 7.80. The molecule has 2 rings (SSSR count). The summed E-state index contributed by atoms with van der Waals surface area (Å²) in [5.41, 5.74) is 1.26. The Hall–Kier alpha value is -1.44. The van der Waals surface area contributed by atoms with Gasteiger partial charge in [-0.25, -0.2) is 0 Å². The lowest BCUT2D eigenvalue weighted by molar-refractivity contribution is 0.400. The SMILES string of the molecule is COc1ccccc1C1CCCC=CN1. The summed E-state index contributed by atoms with van der Waals surface area (Å²) < 4.78 is 5.38. The summed E-state index contributed by atoms with van der Waals surface area (Å²) >= 11 is 0. The van der Waals surface area contributed by atoms with E-state index in [2.05, 4.69) is 29.7 Å². The van der Waals surface area contributed by atoms with Gasteiger partial charge in [-0.3, -0.25) is 0 Å². The predicted molar refractivity (Wildman–Crippen MR) is 61.9 cm³/mol. The van der Waals surface area contributed by atoms with Crippen LogP contribution in [0.3, 0.4) is 0 Å². The average molecular weight is 203 g/mol. The minimum absolute atomic E-state index is 0.389. The smallest absolute Gasteiger partial charge is 0.124 e. The molecule has 15 heavy (non-hydrogen) atoms. The van der Waals surface area contributed by atoms with Gasteiger partial charge < -0.3 is 10.1 Å². The highest BCUT2D eigenvalue weighted by Gasteiger charge is 2.14. The van der Waals surface area contributed by atoms with E-state index in [9.17, 15) is 0 Å². The molecule has 0 fully saturated rings. The van der Waals surface area contributed by atoms with E-state index in [1.165, 1.54) is 18.4 Å². The number of methoxy groups -OCH3 is 1. The standard InChI is InChI=1S/C13H17NO/c1-15-13-9-5-4-7-11(13)12-8-3-2-6-10-14-12/h4-7,9-10,12,14H,2-3,8H2,1H3. The fourth-order valence-corrected chi connectivity index (χ4v) is 1.99. The molecule has 1 aliphatic heterocycles. The van der Waals surface area contributed by atoms with E-state index < -0.39 is 0 Å². The molecule has 1 N–H and O–H groups in total. The fourth-order valence-electron chi connectivity index (χ4n) is 1.99. The van der Waals surface area contributed by atoms with Gasteiger partial charge in [-0.1, -0.05) is 24.3 Å². The number of ether oxygens (including phenoxy) is 1. The lowest BCUT2D eigenvalue weighted by Crippen LogP contribution is -2.14. The number of benzene rings is 1. The second-order valence-corrected chi connectivity index (χ2v) is 3.79. The molecule has 0 spiro atoms. The van der Waals surface area contributed by atoms with Crippen LogP contribution in [0.4, 0.5) is 0 Å². The first-order chi connectivity index (χ1) is 7.42. The van der Waals surface area contributed by atoms with Gasteiger partial charge >= 0.3 is 0 Å². The van der Waals surface area contributed by atoms with Crippen LogP contribution in [-0.4, -0.2) is 7.11 Å². The Morgan fingerprint density at radius 2 is 2.20 bits per heavy atom. The van der Waals surface area contributed by atoms with Gasteiger partial charge in [0.2, 0.25) is 0 Å². The Balaban J connectivity index is 2.23. The van der Waals surface area contributed by atoms with Crippen molar-refractivity contribution in [3.63, 3.8) is 0 Å². The van der Waals surface area contributed by atoms with Crippen LogP contribution in [0.25, 0.3) is 0 Å². The Bertz CT molecular complexity index is 346. The average Bonchev–Trinajstić information content (AvgIpc) is 2.57. The predicted octanol–water partition coefficient (Wildman–Crippen LogP) is 3.02. The molecule has 2 heteroatoms. The third-order valence-corrected chi connectivity index (χ3v) is 2.79. The van der Waals surface area contributed by atoms with E-state index in [1.807, 2.05) is 12.1 Å². The van der Waals surface area contributed by atoms with Gasteiger partial charge in [-0.05, 0) is 31.5 Å². The number of hydrogen-bond acceptors (Lipinski definition) is 2. The fraction of sp³-hybridized carbons (Fsp3) is 0.385. The van der Waals surface area contributed by atoms with E-state index in [1.54, 1.807) is 7.11 Å². The van der Waals surface area contributed by atoms with Crippen LogP contribution in [0.5, 0.6) is 5.75 Å². The van der Waals surface area contributed by atoms with Crippen LogP contribution < -0.4 is 10.1 Å². The van der Waals surface area contributed by atoms with Gasteiger partial charge in [-0.2, -0.15) is 0 Å². The van der Waals surface area contributed by atoms with Crippen molar-refractivity contribution in [1.29, 1.82) is 0 Å². The lowest BCUT2D eigenvalue weighted by Gasteiger charge is -2.18. The van der Waals surface area contributed by atoms with Crippen molar-refractivity contribution in [2.24, 2.45) is 0 Å². The maximum absolute atomic E-state index is 5.38. The molecule has 1 heterocycles. The van der Waals surface area contributed by atoms with Crippen LogP contribution >= 0.6 is 0 Å². The summed E-state index contributed by atoms with van der Waals surface area (Å²) in [5, 5.41) is 3.41. The molecule has 0 bridgehead atoms. The number of rotatable bonds is 2. The minimum atomic E-state index is 0.389. The van der Waals surface area contributed by atoms with Gasteiger partial charge in [0.1, 0.15) is 5.75 Å². The van der Waals surface area contributed by atoms with Crippen molar-refractivity contribution in [3.05, 3.63) is 42.1 Å². The number of hydrogen-bond donors (Lipinski definition) is 1. The monoisotopic (exact) mass is 203 g/mol. The Morgan fingerprint density at radius 1 is 1.33 bits per heavy atom. The Morgan fingerprint density at radius 3 is 3.07 bits per heavy atom. The van der Waals surface area contributed by atoms with Crippen LogP contribution in [0.1, 0.15) is 30.9 Å². The molecule has 0 radical (unpaired) electrons. The molecule has 2 nitrogen and oxygen atoms in total. The Kier molecular flexibility index (Phi) is 3.28. The van der Waals surface area contributed by atoms with Crippen molar-refractivity contribution >= 4 is 0 Å². The zero-order chi connectivity index (χ0) is 10.5. The second kappa shape index (κ2) is 4.87. The summed E-state index contributed by atoms with van der Waals surface area (Å²) in [4.78, 5) is 0. The van der Waals surface area contributed by atoms with Crippen molar-refractivity contribution in [3.8, 4) is 5.75 Å². The molecule has 0 aliphatic carbocycles. The molecule has 1 aromatic carbocycles. The first-order valence-electron chi connectivity index (χ1n) is 5.46. The van der Waals surface area contributed by atoms with Gasteiger partial charge in [-0.15, -0.1) is 0 Å². The van der Waals surface area contributed by atoms with Crippen molar-refractivity contribution in [2.45, 2.75) is 25.3 Å². The maximum atomic E-state index is 5.38. The van der Waals surface area contributed by atoms with Crippen LogP contribution in [0, 0.1) is 0 Å². The summed E-state index contributed by atoms with van der Waals surface area (Å²) in [6.45, 7) is 0. The molecule has 80 valence electrons. The molecule has 1 aromatic rings. The quantitative estimate of drug-likeness (QED) is 0.797. The van der Waals surface area contributed by atoms with E-state index in [0.717, 1.165) is 12.2 Å². The second-order valence-electron chi connectivity index (χ2n) is 3.79. The molecule has 1 atom stereocenters. The lowest BCUT2D eigenvalue weighted by atomic mass is 10.0. The first-order valence-corrected chi connectivity index (χ1v) is 5.46. The number of allylic oxidation sites excluding steroid dienone is 1. The molecule has 0 amide bonds. The number of para-hydroxylation sites is 1. The molecule has 0 saturated heterocycles. The largest absolute Gasteiger partial charge is 0.496 e. The summed E-state index contributed by atoms with van der Waals surface area (Å²) in [5.74, 6) is 0.977. The van der Waals surface area contributed by atoms with E-state index in [-0.39, 0.29) is 0 Å². The molecule has 0 aromatic heterocycles. The van der Waals surface area contributed by atoms with Crippen LogP contribution in [0.15, 0.2) is 36.5 Å². The van der Waals surface area contributed by atoms with Gasteiger partial charge in [0.25, 0.3) is 0 Å². The number of nitrogens with one attached hydrogen (secondary N) is 1. The van der Waals surface area contributed by atoms with E-state index >= 15 is 0 Å². The van der Waals surface area contributed by atoms with Gasteiger partial charge in [0, 0.05) is 5.56 Å². The topological polar surface area (TPSA) is 21.3 Å². The first kappa shape index (κ1) is 10.1. The van der Waals surface area contributed by atoms with Crippen LogP contribution in [-0.2, 0) is 0 Å². The highest BCUT2D eigenvalue weighted by molar-refractivity contribution is 5.36. The summed E-state index contributed by atoms with van der Waals surface area (Å²) in [6, 6.07) is 8.62. The molecular formula is C13H17NO. The molecule has 1 unspecified atom stereocenters. The minimum Gasteiger partial charge on any atom is -0.496 e. The highest BCUT2D eigenvalue weighted by Crippen LogP contribution is 2.29. The van der Waals surface area contributed by atoms with E-state index in [0.29, 0.717) is 6.04 Å². The Labute approximate surface area is 91.0 Å². The molecule has 0 saturated carbocycles. The van der Waals surface area contributed by atoms with Crippen LogP contribution in [0.2, 0.25) is 0 Å². The van der Waals surface area contributed by atoms with E-state index in [4.69, 9.17) is 4.74 Å². The normalized spacial score (nSPS) is 20.5. The van der Waals surface area contributed by atoms with Crippen molar-refractivity contribution < 1.29 is 4.74 Å². The third kappa shape index (κ3) is 2.32. The zero-order valence-corrected chi connectivity index (χ0v) is 9.07. The van der Waals surface area contributed by atoms with Gasteiger partial charge in [0.05, 0.1) is 13.2 Å².